The van der Waals surface area contributed by atoms with Gasteiger partial charge in [0.2, 0.25) is 0 Å². The maximum absolute atomic E-state index is 12.2. The van der Waals surface area contributed by atoms with Gasteiger partial charge < -0.3 is 15.2 Å². The van der Waals surface area contributed by atoms with Crippen LogP contribution in [0.5, 0.6) is 0 Å². The summed E-state index contributed by atoms with van der Waals surface area (Å²) >= 11 is 1.02. The summed E-state index contributed by atoms with van der Waals surface area (Å²) in [6, 6.07) is 0. The molecule has 20 heavy (non-hydrogen) atoms. The maximum atomic E-state index is 12.2. The highest BCUT2D eigenvalue weighted by atomic mass is 32.2. The predicted molar refractivity (Wildman–Crippen MR) is 73.8 cm³/mol. The van der Waals surface area contributed by atoms with Gasteiger partial charge in [0, 0.05) is 25.1 Å². The smallest absolute Gasteiger partial charge is 0.338 e. The molecule has 0 bridgehead atoms. The number of thiophene rings is 1. The Balaban J connectivity index is 2.40. The highest BCUT2D eigenvalue weighted by Gasteiger charge is 2.31. The molecule has 0 spiro atoms. The van der Waals surface area contributed by atoms with Crippen molar-refractivity contribution in [3.8, 4) is 0 Å². The number of hydrogen-bond donors (Lipinski definition) is 3. The molecule has 3 N–H and O–H groups in total. The van der Waals surface area contributed by atoms with Crippen LogP contribution in [0.1, 0.15) is 20.8 Å². The molecule has 0 radical (unpaired) electrons. The molecule has 1 aromatic heterocycles. The van der Waals surface area contributed by atoms with E-state index in [2.05, 4.69) is 10.0 Å². The number of nitrogens with one attached hydrogen (secondary N) is 2. The van der Waals surface area contributed by atoms with Gasteiger partial charge in [-0.2, -0.15) is 0 Å². The summed E-state index contributed by atoms with van der Waals surface area (Å²) in [5, 5.41) is 12.4. The van der Waals surface area contributed by atoms with E-state index in [4.69, 9.17) is 4.74 Å². The Labute approximate surface area is 121 Å². The van der Waals surface area contributed by atoms with Gasteiger partial charge in [-0.05, 0) is 18.5 Å². The van der Waals surface area contributed by atoms with E-state index in [9.17, 15) is 18.3 Å². The fourth-order valence-electron chi connectivity index (χ4n) is 2.06. The summed E-state index contributed by atoms with van der Waals surface area (Å²) < 4.78 is 31.4. The zero-order valence-electron chi connectivity index (χ0n) is 10.9. The van der Waals surface area contributed by atoms with Gasteiger partial charge in [0.15, 0.2) is 0 Å². The van der Waals surface area contributed by atoms with Crippen molar-refractivity contribution in [1.82, 2.24) is 10.0 Å². The first-order chi connectivity index (χ1) is 9.47. The standard InChI is InChI=1S/C11H16N2O5S2/c1-18-5-4-13-20(16,17)11-9(10(14)15)7-2-3-12-6-8(7)19-11/h12-13H,2-6H2,1H3,(H,14,15). The molecule has 1 aromatic rings. The van der Waals surface area contributed by atoms with Crippen LogP contribution in [0.2, 0.25) is 0 Å². The number of sulfonamides is 1. The van der Waals surface area contributed by atoms with E-state index >= 15 is 0 Å². The minimum atomic E-state index is -3.82. The zero-order chi connectivity index (χ0) is 14.8. The number of methoxy groups -OCH3 is 1. The van der Waals surface area contributed by atoms with Crippen molar-refractivity contribution >= 4 is 27.3 Å². The predicted octanol–water partition coefficient (Wildman–Crippen LogP) is 0.0167. The van der Waals surface area contributed by atoms with Crippen LogP contribution in [0.25, 0.3) is 0 Å². The molecule has 2 rings (SSSR count). The Kier molecular flexibility index (Phi) is 4.76. The molecular weight excluding hydrogens is 304 g/mol. The average Bonchev–Trinajstić information content (AvgIpc) is 2.79. The molecule has 1 aliphatic heterocycles. The van der Waals surface area contributed by atoms with E-state index in [0.717, 1.165) is 16.2 Å². The summed E-state index contributed by atoms with van der Waals surface area (Å²) in [7, 11) is -2.36. The van der Waals surface area contributed by atoms with Crippen LogP contribution in [0.15, 0.2) is 4.21 Å². The number of carboxylic acid groups (broad SMARTS) is 1. The average molecular weight is 320 g/mol. The molecule has 9 heteroatoms. The van der Waals surface area contributed by atoms with Crippen molar-refractivity contribution in [3.05, 3.63) is 16.0 Å². The number of carbonyl (C=O) groups is 1. The fraction of sp³-hybridized carbons (Fsp3) is 0.545. The lowest BCUT2D eigenvalue weighted by atomic mass is 10.1. The van der Waals surface area contributed by atoms with Gasteiger partial charge in [0.1, 0.15) is 4.21 Å². The van der Waals surface area contributed by atoms with Gasteiger partial charge in [0.05, 0.1) is 12.2 Å². The third-order valence-electron chi connectivity index (χ3n) is 2.95. The monoisotopic (exact) mass is 320 g/mol. The second-order valence-electron chi connectivity index (χ2n) is 4.29. The van der Waals surface area contributed by atoms with Crippen LogP contribution >= 0.6 is 11.3 Å². The normalized spacial score (nSPS) is 15.1. The maximum Gasteiger partial charge on any atom is 0.338 e. The molecule has 2 heterocycles. The molecule has 1 aliphatic rings. The lowest BCUT2D eigenvalue weighted by Crippen LogP contribution is -2.28. The van der Waals surface area contributed by atoms with Crippen molar-refractivity contribution in [2.75, 3.05) is 26.8 Å². The van der Waals surface area contributed by atoms with Crippen LogP contribution in [-0.2, 0) is 27.7 Å². The number of fused-ring (bicyclic) bond motifs is 1. The number of carboxylic acids is 1. The molecule has 0 unspecified atom stereocenters. The molecular formula is C11H16N2O5S2. The second-order valence-corrected chi connectivity index (χ2v) is 7.36. The van der Waals surface area contributed by atoms with Gasteiger partial charge >= 0.3 is 5.97 Å². The molecule has 0 saturated carbocycles. The van der Waals surface area contributed by atoms with Gasteiger partial charge in [-0.3, -0.25) is 0 Å². The Morgan fingerprint density at radius 3 is 2.95 bits per heavy atom. The highest BCUT2D eigenvalue weighted by molar-refractivity contribution is 7.91. The molecule has 0 aromatic carbocycles. The molecule has 0 atom stereocenters. The van der Waals surface area contributed by atoms with E-state index in [1.807, 2.05) is 0 Å². The Morgan fingerprint density at radius 1 is 1.55 bits per heavy atom. The second kappa shape index (κ2) is 6.19. The lowest BCUT2D eigenvalue weighted by Gasteiger charge is -2.12. The van der Waals surface area contributed by atoms with Crippen LogP contribution in [-0.4, -0.2) is 46.3 Å². The minimum absolute atomic E-state index is 0.0867. The van der Waals surface area contributed by atoms with Crippen molar-refractivity contribution < 1.29 is 23.1 Å². The highest BCUT2D eigenvalue weighted by Crippen LogP contribution is 2.34. The summed E-state index contributed by atoms with van der Waals surface area (Å²) in [6.07, 6.45) is 0.529. The van der Waals surface area contributed by atoms with E-state index in [0.29, 0.717) is 25.1 Å². The van der Waals surface area contributed by atoms with Crippen LogP contribution in [0, 0.1) is 0 Å². The Morgan fingerprint density at radius 2 is 2.30 bits per heavy atom. The van der Waals surface area contributed by atoms with Crippen molar-refractivity contribution in [2.45, 2.75) is 17.2 Å². The summed E-state index contributed by atoms with van der Waals surface area (Å²) in [5.41, 5.74) is 0.546. The van der Waals surface area contributed by atoms with E-state index in [-0.39, 0.29) is 22.9 Å². The van der Waals surface area contributed by atoms with Crippen LogP contribution < -0.4 is 10.0 Å². The third-order valence-corrected chi connectivity index (χ3v) is 6.16. The Bertz CT molecular complexity index is 609. The first-order valence-corrected chi connectivity index (χ1v) is 8.34. The minimum Gasteiger partial charge on any atom is -0.478 e. The molecule has 0 saturated heterocycles. The quantitative estimate of drug-likeness (QED) is 0.638. The summed E-state index contributed by atoms with van der Waals surface area (Å²) in [4.78, 5) is 12.2. The largest absolute Gasteiger partial charge is 0.478 e. The zero-order valence-corrected chi connectivity index (χ0v) is 12.6. The van der Waals surface area contributed by atoms with Gasteiger partial charge in [-0.25, -0.2) is 17.9 Å². The number of ether oxygens (including phenoxy) is 1. The van der Waals surface area contributed by atoms with E-state index < -0.39 is 16.0 Å². The summed E-state index contributed by atoms with van der Waals surface area (Å²) in [6.45, 7) is 1.50. The SMILES string of the molecule is COCCNS(=O)(=O)c1sc2c(c1C(=O)O)CCNC2. The molecule has 0 fully saturated rings. The topological polar surface area (TPSA) is 105 Å². The van der Waals surface area contributed by atoms with Crippen LogP contribution in [0.3, 0.4) is 0 Å². The number of rotatable bonds is 6. The lowest BCUT2D eigenvalue weighted by molar-refractivity contribution is 0.0692. The van der Waals surface area contributed by atoms with E-state index in [1.165, 1.54) is 7.11 Å². The molecule has 7 nitrogen and oxygen atoms in total. The third kappa shape index (κ3) is 3.01. The summed E-state index contributed by atoms with van der Waals surface area (Å²) in [5.74, 6) is -1.20. The van der Waals surface area contributed by atoms with Gasteiger partial charge in [-0.15, -0.1) is 11.3 Å². The molecule has 0 aliphatic carbocycles. The van der Waals surface area contributed by atoms with E-state index in [1.54, 1.807) is 0 Å². The van der Waals surface area contributed by atoms with Crippen molar-refractivity contribution in [3.63, 3.8) is 0 Å². The first kappa shape index (κ1) is 15.4. The first-order valence-electron chi connectivity index (χ1n) is 6.04. The fourth-order valence-corrected chi connectivity index (χ4v) is 4.98. The van der Waals surface area contributed by atoms with Gasteiger partial charge in [0.25, 0.3) is 10.0 Å². The van der Waals surface area contributed by atoms with Crippen molar-refractivity contribution in [1.29, 1.82) is 0 Å². The molecule has 0 amide bonds. The number of aromatic carboxylic acids is 1. The van der Waals surface area contributed by atoms with Crippen LogP contribution in [0.4, 0.5) is 0 Å². The Hall–Kier alpha value is -1.00. The van der Waals surface area contributed by atoms with Crippen molar-refractivity contribution in [2.24, 2.45) is 0 Å². The van der Waals surface area contributed by atoms with Gasteiger partial charge in [-0.1, -0.05) is 0 Å². The number of hydrogen-bond acceptors (Lipinski definition) is 6. The molecule has 112 valence electrons.